The molecule has 0 saturated carbocycles. The third-order valence-electron chi connectivity index (χ3n) is 2.22. The van der Waals surface area contributed by atoms with Crippen molar-refractivity contribution in [2.45, 2.75) is 12.1 Å². The molecule has 1 aromatic carbocycles. The molecule has 0 aromatic heterocycles. The first-order valence-electron chi connectivity index (χ1n) is 5.03. The molecule has 1 rings (SSSR count). The van der Waals surface area contributed by atoms with Gasteiger partial charge < -0.3 is 11.1 Å². The van der Waals surface area contributed by atoms with Crippen LogP contribution in [0.4, 0.5) is 13.2 Å². The van der Waals surface area contributed by atoms with Crippen molar-refractivity contribution in [1.29, 1.82) is 0 Å². The highest BCUT2D eigenvalue weighted by molar-refractivity contribution is 5.83. The molecule has 1 unspecified atom stereocenters. The lowest BCUT2D eigenvalue weighted by Gasteiger charge is -2.16. The van der Waals surface area contributed by atoms with Gasteiger partial charge >= 0.3 is 6.18 Å². The topological polar surface area (TPSA) is 55.1 Å². The standard InChI is InChI=1S/C11H13F3N2O/c12-11(13,14)7-16-10(17)9(6-15)8-4-2-1-3-5-8/h1-5,9H,6-7,15H2,(H,16,17). The quantitative estimate of drug-likeness (QED) is 0.843. The summed E-state index contributed by atoms with van der Waals surface area (Å²) in [5, 5.41) is 1.83. The molecule has 1 amide bonds. The van der Waals surface area contributed by atoms with E-state index in [1.807, 2.05) is 5.32 Å². The molecule has 6 heteroatoms. The van der Waals surface area contributed by atoms with Gasteiger partial charge in [-0.05, 0) is 5.56 Å². The van der Waals surface area contributed by atoms with Gasteiger partial charge in [0, 0.05) is 6.54 Å². The van der Waals surface area contributed by atoms with E-state index in [1.165, 1.54) is 0 Å². The van der Waals surface area contributed by atoms with Crippen LogP contribution in [0.15, 0.2) is 30.3 Å². The fourth-order valence-corrected chi connectivity index (χ4v) is 1.39. The number of carbonyl (C=O) groups is 1. The van der Waals surface area contributed by atoms with Crippen molar-refractivity contribution < 1.29 is 18.0 Å². The fraction of sp³-hybridized carbons (Fsp3) is 0.364. The van der Waals surface area contributed by atoms with E-state index in [9.17, 15) is 18.0 Å². The van der Waals surface area contributed by atoms with Crippen LogP contribution in [-0.4, -0.2) is 25.2 Å². The van der Waals surface area contributed by atoms with E-state index in [1.54, 1.807) is 30.3 Å². The third kappa shape index (κ3) is 4.44. The van der Waals surface area contributed by atoms with Crippen molar-refractivity contribution in [1.82, 2.24) is 5.32 Å². The molecule has 0 aliphatic carbocycles. The summed E-state index contributed by atoms with van der Waals surface area (Å²) < 4.78 is 35.8. The van der Waals surface area contributed by atoms with Crippen LogP contribution in [0, 0.1) is 0 Å². The lowest BCUT2D eigenvalue weighted by atomic mass is 9.98. The lowest BCUT2D eigenvalue weighted by molar-refractivity contribution is -0.139. The van der Waals surface area contributed by atoms with Crippen LogP contribution in [0.25, 0.3) is 0 Å². The Morgan fingerprint density at radius 1 is 1.29 bits per heavy atom. The van der Waals surface area contributed by atoms with Crippen molar-refractivity contribution >= 4 is 5.91 Å². The summed E-state index contributed by atoms with van der Waals surface area (Å²) in [5.41, 5.74) is 6.01. The molecular formula is C11H13F3N2O. The SMILES string of the molecule is NCC(C(=O)NCC(F)(F)F)c1ccccc1. The highest BCUT2D eigenvalue weighted by Gasteiger charge is 2.29. The zero-order chi connectivity index (χ0) is 12.9. The summed E-state index contributed by atoms with van der Waals surface area (Å²) in [5.74, 6) is -1.46. The van der Waals surface area contributed by atoms with Gasteiger partial charge in [-0.15, -0.1) is 0 Å². The van der Waals surface area contributed by atoms with Crippen molar-refractivity contribution in [3.63, 3.8) is 0 Å². The fourth-order valence-electron chi connectivity index (χ4n) is 1.39. The average Bonchev–Trinajstić information content (AvgIpc) is 2.28. The Morgan fingerprint density at radius 3 is 2.35 bits per heavy atom. The highest BCUT2D eigenvalue weighted by Crippen LogP contribution is 2.16. The van der Waals surface area contributed by atoms with Gasteiger partial charge in [-0.2, -0.15) is 13.2 Å². The summed E-state index contributed by atoms with van der Waals surface area (Å²) in [6.07, 6.45) is -4.41. The number of carbonyl (C=O) groups excluding carboxylic acids is 1. The van der Waals surface area contributed by atoms with Gasteiger partial charge in [0.25, 0.3) is 0 Å². The molecule has 0 radical (unpaired) electrons. The molecule has 1 aromatic rings. The molecule has 0 bridgehead atoms. The second-order valence-electron chi connectivity index (χ2n) is 3.53. The Labute approximate surface area is 96.8 Å². The molecule has 17 heavy (non-hydrogen) atoms. The van der Waals surface area contributed by atoms with E-state index in [2.05, 4.69) is 0 Å². The van der Waals surface area contributed by atoms with Crippen LogP contribution < -0.4 is 11.1 Å². The van der Waals surface area contributed by atoms with E-state index in [0.717, 1.165) is 0 Å². The third-order valence-corrected chi connectivity index (χ3v) is 2.22. The van der Waals surface area contributed by atoms with Gasteiger partial charge in [0.2, 0.25) is 5.91 Å². The van der Waals surface area contributed by atoms with Crippen molar-refractivity contribution in [2.75, 3.05) is 13.1 Å². The predicted octanol–water partition coefficient (Wildman–Crippen LogP) is 1.41. The zero-order valence-corrected chi connectivity index (χ0v) is 9.00. The molecule has 0 fully saturated rings. The number of hydrogen-bond donors (Lipinski definition) is 2. The van der Waals surface area contributed by atoms with Crippen molar-refractivity contribution in [3.05, 3.63) is 35.9 Å². The Bertz CT molecular complexity index is 365. The number of amides is 1. The number of hydrogen-bond acceptors (Lipinski definition) is 2. The maximum Gasteiger partial charge on any atom is 0.405 e. The van der Waals surface area contributed by atoms with Gasteiger partial charge in [-0.3, -0.25) is 4.79 Å². The minimum Gasteiger partial charge on any atom is -0.346 e. The van der Waals surface area contributed by atoms with Crippen LogP contribution in [-0.2, 0) is 4.79 Å². The lowest BCUT2D eigenvalue weighted by Crippen LogP contribution is -2.39. The van der Waals surface area contributed by atoms with E-state index in [-0.39, 0.29) is 6.54 Å². The maximum atomic E-state index is 11.9. The summed E-state index contributed by atoms with van der Waals surface area (Å²) in [6.45, 7) is -1.37. The molecule has 0 aliphatic heterocycles. The molecule has 0 saturated heterocycles. The van der Waals surface area contributed by atoms with Gasteiger partial charge in [-0.1, -0.05) is 30.3 Å². The van der Waals surface area contributed by atoms with E-state index >= 15 is 0 Å². The first-order chi connectivity index (χ1) is 7.94. The van der Waals surface area contributed by atoms with Crippen LogP contribution in [0.1, 0.15) is 11.5 Å². The summed E-state index contributed by atoms with van der Waals surface area (Å²) in [6, 6.07) is 8.48. The number of halogens is 3. The van der Waals surface area contributed by atoms with Crippen molar-refractivity contribution in [2.24, 2.45) is 5.73 Å². The Hall–Kier alpha value is -1.56. The number of nitrogens with one attached hydrogen (secondary N) is 1. The molecular weight excluding hydrogens is 233 g/mol. The van der Waals surface area contributed by atoms with E-state index < -0.39 is 24.5 Å². The number of alkyl halides is 3. The molecule has 0 spiro atoms. The maximum absolute atomic E-state index is 11.9. The van der Waals surface area contributed by atoms with Crippen LogP contribution in [0.2, 0.25) is 0 Å². The first kappa shape index (κ1) is 13.5. The van der Waals surface area contributed by atoms with Crippen LogP contribution >= 0.6 is 0 Å². The summed E-state index contributed by atoms with van der Waals surface area (Å²) in [7, 11) is 0. The van der Waals surface area contributed by atoms with Gasteiger partial charge in [0.05, 0.1) is 5.92 Å². The van der Waals surface area contributed by atoms with Crippen LogP contribution in [0.3, 0.4) is 0 Å². The van der Waals surface area contributed by atoms with E-state index in [0.29, 0.717) is 5.56 Å². The van der Waals surface area contributed by atoms with Gasteiger partial charge in [0.15, 0.2) is 0 Å². The molecule has 94 valence electrons. The van der Waals surface area contributed by atoms with Crippen molar-refractivity contribution in [3.8, 4) is 0 Å². The average molecular weight is 246 g/mol. The molecule has 3 N–H and O–H groups in total. The minimum atomic E-state index is -4.41. The second kappa shape index (κ2) is 5.67. The largest absolute Gasteiger partial charge is 0.405 e. The summed E-state index contributed by atoms with van der Waals surface area (Å²) in [4.78, 5) is 11.5. The molecule has 1 atom stereocenters. The number of rotatable bonds is 4. The Kier molecular flexibility index (Phi) is 4.51. The molecule has 0 heterocycles. The highest BCUT2D eigenvalue weighted by atomic mass is 19.4. The number of benzene rings is 1. The van der Waals surface area contributed by atoms with Gasteiger partial charge in [-0.25, -0.2) is 0 Å². The van der Waals surface area contributed by atoms with Crippen LogP contribution in [0.5, 0.6) is 0 Å². The summed E-state index contributed by atoms with van der Waals surface area (Å²) >= 11 is 0. The molecule has 0 aliphatic rings. The van der Waals surface area contributed by atoms with E-state index in [4.69, 9.17) is 5.73 Å². The Balaban J connectivity index is 2.66. The number of nitrogens with two attached hydrogens (primary N) is 1. The predicted molar refractivity (Wildman–Crippen MR) is 57.3 cm³/mol. The molecule has 3 nitrogen and oxygen atoms in total. The van der Waals surface area contributed by atoms with Gasteiger partial charge in [0.1, 0.15) is 6.54 Å². The second-order valence-corrected chi connectivity index (χ2v) is 3.53. The Morgan fingerprint density at radius 2 is 1.88 bits per heavy atom. The smallest absolute Gasteiger partial charge is 0.346 e. The monoisotopic (exact) mass is 246 g/mol. The first-order valence-corrected chi connectivity index (χ1v) is 5.03. The normalized spacial score (nSPS) is 13.2. The zero-order valence-electron chi connectivity index (χ0n) is 9.00. The minimum absolute atomic E-state index is 0.0340.